The Labute approximate surface area is 128 Å². The van der Waals surface area contributed by atoms with Gasteiger partial charge in [-0.05, 0) is 24.3 Å². The van der Waals surface area contributed by atoms with E-state index in [0.29, 0.717) is 12.2 Å². The smallest absolute Gasteiger partial charge is 0.330 e. The molecule has 0 radical (unpaired) electrons. The SMILES string of the molecule is O=C(NC1(C(=O)O)CCSC1)c1ccc(Cl)c([N+](=O)[O-])c1. The Balaban J connectivity index is 2.26. The van der Waals surface area contributed by atoms with E-state index >= 15 is 0 Å². The maximum absolute atomic E-state index is 12.1. The summed E-state index contributed by atoms with van der Waals surface area (Å²) in [5, 5.41) is 22.5. The van der Waals surface area contributed by atoms with Crippen LogP contribution in [0, 0.1) is 10.1 Å². The van der Waals surface area contributed by atoms with Crippen molar-refractivity contribution in [3.8, 4) is 0 Å². The van der Waals surface area contributed by atoms with Crippen molar-refractivity contribution in [2.75, 3.05) is 11.5 Å². The van der Waals surface area contributed by atoms with Gasteiger partial charge in [0.2, 0.25) is 0 Å². The topological polar surface area (TPSA) is 110 Å². The monoisotopic (exact) mass is 330 g/mol. The first-order chi connectivity index (χ1) is 9.85. The number of hydrogen-bond acceptors (Lipinski definition) is 5. The molecule has 112 valence electrons. The standard InChI is InChI=1S/C12H11ClN2O5S/c13-8-2-1-7(5-9(8)15(19)20)10(16)14-12(11(17)18)3-4-21-6-12/h1-2,5H,3-4,6H2,(H,14,16)(H,17,18). The summed E-state index contributed by atoms with van der Waals surface area (Å²) in [6, 6.07) is 3.60. The van der Waals surface area contributed by atoms with E-state index in [-0.39, 0.29) is 16.3 Å². The maximum Gasteiger partial charge on any atom is 0.330 e. The van der Waals surface area contributed by atoms with E-state index in [0.717, 1.165) is 6.07 Å². The Kier molecular flexibility index (Phi) is 4.38. The number of nitrogens with one attached hydrogen (secondary N) is 1. The largest absolute Gasteiger partial charge is 0.479 e. The summed E-state index contributed by atoms with van der Waals surface area (Å²) in [4.78, 5) is 33.6. The molecule has 1 unspecified atom stereocenters. The minimum Gasteiger partial charge on any atom is -0.479 e. The predicted molar refractivity (Wildman–Crippen MR) is 77.9 cm³/mol. The zero-order valence-corrected chi connectivity index (χ0v) is 12.2. The molecule has 0 saturated carbocycles. The maximum atomic E-state index is 12.1. The third-order valence-electron chi connectivity index (χ3n) is 3.19. The molecule has 2 N–H and O–H groups in total. The first-order valence-corrected chi connectivity index (χ1v) is 7.46. The van der Waals surface area contributed by atoms with Crippen molar-refractivity contribution in [2.24, 2.45) is 0 Å². The number of carbonyl (C=O) groups is 2. The molecule has 1 amide bonds. The van der Waals surface area contributed by atoms with Gasteiger partial charge in [-0.25, -0.2) is 4.79 Å². The Morgan fingerprint density at radius 1 is 1.48 bits per heavy atom. The molecule has 1 aliphatic heterocycles. The van der Waals surface area contributed by atoms with Crippen molar-refractivity contribution < 1.29 is 19.6 Å². The molecule has 7 nitrogen and oxygen atoms in total. The Morgan fingerprint density at radius 2 is 2.19 bits per heavy atom. The number of carboxylic acid groups (broad SMARTS) is 1. The minimum atomic E-state index is -1.32. The number of rotatable bonds is 4. The highest BCUT2D eigenvalue weighted by Gasteiger charge is 2.43. The molecule has 0 aliphatic carbocycles. The Hall–Kier alpha value is -1.80. The van der Waals surface area contributed by atoms with Crippen LogP contribution in [0.2, 0.25) is 5.02 Å². The number of nitrogens with zero attached hydrogens (tertiary/aromatic N) is 1. The Morgan fingerprint density at radius 3 is 2.71 bits per heavy atom. The summed E-state index contributed by atoms with van der Waals surface area (Å²) in [7, 11) is 0. The molecule has 0 aromatic heterocycles. The van der Waals surface area contributed by atoms with Gasteiger partial charge in [0.1, 0.15) is 10.6 Å². The van der Waals surface area contributed by atoms with Crippen LogP contribution in [0.5, 0.6) is 0 Å². The van der Waals surface area contributed by atoms with Gasteiger partial charge in [0.25, 0.3) is 11.6 Å². The van der Waals surface area contributed by atoms with Crippen LogP contribution in [0.15, 0.2) is 18.2 Å². The quantitative estimate of drug-likeness (QED) is 0.645. The lowest BCUT2D eigenvalue weighted by Gasteiger charge is -2.24. The van der Waals surface area contributed by atoms with E-state index in [9.17, 15) is 24.8 Å². The second kappa shape index (κ2) is 5.90. The van der Waals surface area contributed by atoms with Crippen LogP contribution in [-0.2, 0) is 4.79 Å². The van der Waals surface area contributed by atoms with Gasteiger partial charge in [0, 0.05) is 17.4 Å². The second-order valence-corrected chi connectivity index (χ2v) is 6.08. The van der Waals surface area contributed by atoms with Gasteiger partial charge in [-0.2, -0.15) is 11.8 Å². The van der Waals surface area contributed by atoms with Crippen LogP contribution in [0.1, 0.15) is 16.8 Å². The van der Waals surface area contributed by atoms with Crippen molar-refractivity contribution in [1.29, 1.82) is 0 Å². The fraction of sp³-hybridized carbons (Fsp3) is 0.333. The molecule has 1 atom stereocenters. The van der Waals surface area contributed by atoms with E-state index in [1.165, 1.54) is 23.9 Å². The number of benzene rings is 1. The first kappa shape index (κ1) is 15.6. The molecule has 1 heterocycles. The molecule has 1 aromatic carbocycles. The summed E-state index contributed by atoms with van der Waals surface area (Å²) in [6.45, 7) is 0. The zero-order valence-electron chi connectivity index (χ0n) is 10.7. The molecular weight excluding hydrogens is 320 g/mol. The molecule has 1 fully saturated rings. The summed E-state index contributed by atoms with van der Waals surface area (Å²) in [6.07, 6.45) is 0.314. The number of carbonyl (C=O) groups excluding carboxylic acids is 1. The molecule has 0 spiro atoms. The average Bonchev–Trinajstić information content (AvgIpc) is 2.88. The van der Waals surface area contributed by atoms with Gasteiger partial charge >= 0.3 is 5.97 Å². The van der Waals surface area contributed by atoms with Crippen molar-refractivity contribution in [3.63, 3.8) is 0 Å². The highest BCUT2D eigenvalue weighted by molar-refractivity contribution is 7.99. The second-order valence-electron chi connectivity index (χ2n) is 4.57. The van der Waals surface area contributed by atoms with E-state index in [4.69, 9.17) is 11.6 Å². The molecule has 9 heteroatoms. The van der Waals surface area contributed by atoms with E-state index in [1.807, 2.05) is 0 Å². The number of nitro groups is 1. The third kappa shape index (κ3) is 3.11. The third-order valence-corrected chi connectivity index (χ3v) is 4.70. The van der Waals surface area contributed by atoms with Crippen molar-refractivity contribution in [2.45, 2.75) is 12.0 Å². The average molecular weight is 331 g/mol. The summed E-state index contributed by atoms with van der Waals surface area (Å²) in [5.74, 6) is -0.874. The molecular formula is C12H11ClN2O5S. The van der Waals surface area contributed by atoms with Gasteiger partial charge in [-0.1, -0.05) is 11.6 Å². The van der Waals surface area contributed by atoms with Crippen molar-refractivity contribution >= 4 is 40.9 Å². The predicted octanol–water partition coefficient (Wildman–Crippen LogP) is 1.94. The zero-order chi connectivity index (χ0) is 15.6. The lowest BCUT2D eigenvalue weighted by Crippen LogP contribution is -2.54. The summed E-state index contributed by atoms with van der Waals surface area (Å²) in [5.41, 5.74) is -1.71. The van der Waals surface area contributed by atoms with E-state index < -0.39 is 28.0 Å². The van der Waals surface area contributed by atoms with Crippen LogP contribution in [0.4, 0.5) is 5.69 Å². The normalized spacial score (nSPS) is 21.0. The molecule has 0 bridgehead atoms. The first-order valence-electron chi connectivity index (χ1n) is 5.93. The lowest BCUT2D eigenvalue weighted by atomic mass is 9.98. The van der Waals surface area contributed by atoms with Crippen LogP contribution in [-0.4, -0.2) is 39.0 Å². The fourth-order valence-corrected chi connectivity index (χ4v) is 3.48. The van der Waals surface area contributed by atoms with Crippen molar-refractivity contribution in [3.05, 3.63) is 38.9 Å². The Bertz CT molecular complexity index is 616. The van der Waals surface area contributed by atoms with Crippen LogP contribution >= 0.6 is 23.4 Å². The summed E-state index contributed by atoms with van der Waals surface area (Å²) < 4.78 is 0. The highest BCUT2D eigenvalue weighted by atomic mass is 35.5. The molecule has 2 rings (SSSR count). The number of amides is 1. The van der Waals surface area contributed by atoms with E-state index in [1.54, 1.807) is 0 Å². The summed E-state index contributed by atoms with van der Waals surface area (Å²) >= 11 is 7.11. The molecule has 1 aromatic rings. The van der Waals surface area contributed by atoms with Crippen LogP contribution in [0.3, 0.4) is 0 Å². The van der Waals surface area contributed by atoms with Gasteiger partial charge in [-0.3, -0.25) is 14.9 Å². The lowest BCUT2D eigenvalue weighted by molar-refractivity contribution is -0.384. The van der Waals surface area contributed by atoms with Gasteiger partial charge in [-0.15, -0.1) is 0 Å². The minimum absolute atomic E-state index is 0.00336. The fourth-order valence-electron chi connectivity index (χ4n) is 1.97. The van der Waals surface area contributed by atoms with Crippen molar-refractivity contribution in [1.82, 2.24) is 5.32 Å². The highest BCUT2D eigenvalue weighted by Crippen LogP contribution is 2.29. The van der Waals surface area contributed by atoms with Gasteiger partial charge < -0.3 is 10.4 Å². The van der Waals surface area contributed by atoms with Crippen LogP contribution < -0.4 is 5.32 Å². The number of aliphatic carboxylic acids is 1. The van der Waals surface area contributed by atoms with E-state index in [2.05, 4.69) is 5.32 Å². The number of thioether (sulfide) groups is 1. The molecule has 1 aliphatic rings. The van der Waals surface area contributed by atoms with Gasteiger partial charge in [0.05, 0.1) is 4.92 Å². The number of halogens is 1. The van der Waals surface area contributed by atoms with Gasteiger partial charge in [0.15, 0.2) is 0 Å². The number of nitro benzene ring substituents is 1. The van der Waals surface area contributed by atoms with Crippen LogP contribution in [0.25, 0.3) is 0 Å². The number of carboxylic acids is 1. The molecule has 1 saturated heterocycles. The molecule has 21 heavy (non-hydrogen) atoms. The number of hydrogen-bond donors (Lipinski definition) is 2.